The summed E-state index contributed by atoms with van der Waals surface area (Å²) in [4.78, 5) is 8.39. The van der Waals surface area contributed by atoms with E-state index in [2.05, 4.69) is 31.2 Å². The second-order valence-electron chi connectivity index (χ2n) is 3.88. The van der Waals surface area contributed by atoms with E-state index in [-0.39, 0.29) is 5.54 Å². The zero-order chi connectivity index (χ0) is 11.4. The Balaban J connectivity index is 2.08. The molecule has 1 aromatic heterocycles. The molecule has 1 aliphatic rings. The molecule has 0 aromatic carbocycles. The van der Waals surface area contributed by atoms with Gasteiger partial charge in [0, 0.05) is 31.5 Å². The molecule has 2 rings (SSSR count). The predicted octanol–water partition coefficient (Wildman–Crippen LogP) is 2.44. The van der Waals surface area contributed by atoms with E-state index >= 15 is 0 Å². The molecular formula is C10H13BrClN3O. The molecule has 0 unspecified atom stereocenters. The summed E-state index contributed by atoms with van der Waals surface area (Å²) in [7, 11) is 0. The van der Waals surface area contributed by atoms with Gasteiger partial charge in [-0.1, -0.05) is 0 Å². The van der Waals surface area contributed by atoms with Crippen molar-refractivity contribution in [2.45, 2.75) is 18.4 Å². The molecule has 0 atom stereocenters. The minimum Gasteiger partial charge on any atom is -0.381 e. The highest BCUT2D eigenvalue weighted by atomic mass is 79.9. The average Bonchev–Trinajstić information content (AvgIpc) is 2.33. The highest BCUT2D eigenvalue weighted by molar-refractivity contribution is 9.10. The van der Waals surface area contributed by atoms with E-state index in [1.807, 2.05) is 0 Å². The molecule has 0 saturated carbocycles. The van der Waals surface area contributed by atoms with Crippen LogP contribution in [0.4, 0.5) is 5.95 Å². The topological polar surface area (TPSA) is 47.0 Å². The standard InChI is InChI=1S/C10H13BrClN3O/c11-8-5-13-9(14-6-8)15-10(7-12)1-3-16-4-2-10/h5-6H,1-4,7H2,(H,13,14,15). The van der Waals surface area contributed by atoms with Crippen molar-refractivity contribution in [2.75, 3.05) is 24.4 Å². The average molecular weight is 307 g/mol. The van der Waals surface area contributed by atoms with Crippen LogP contribution in [0.15, 0.2) is 16.9 Å². The van der Waals surface area contributed by atoms with Crippen molar-refractivity contribution in [1.29, 1.82) is 0 Å². The summed E-state index contributed by atoms with van der Waals surface area (Å²) < 4.78 is 6.20. The SMILES string of the molecule is ClCC1(Nc2ncc(Br)cn2)CCOCC1. The normalized spacial score (nSPS) is 19.4. The van der Waals surface area contributed by atoms with Gasteiger partial charge in [-0.25, -0.2) is 9.97 Å². The molecule has 0 spiro atoms. The van der Waals surface area contributed by atoms with Crippen molar-refractivity contribution in [2.24, 2.45) is 0 Å². The number of alkyl halides is 1. The summed E-state index contributed by atoms with van der Waals surface area (Å²) in [6.45, 7) is 1.46. The number of hydrogen-bond acceptors (Lipinski definition) is 4. The summed E-state index contributed by atoms with van der Waals surface area (Å²) >= 11 is 9.34. The van der Waals surface area contributed by atoms with E-state index in [1.165, 1.54) is 0 Å². The summed E-state index contributed by atoms with van der Waals surface area (Å²) in [5, 5.41) is 3.32. The Kier molecular flexibility index (Phi) is 4.00. The molecule has 88 valence electrons. The summed E-state index contributed by atoms with van der Waals surface area (Å²) in [5.41, 5.74) is -0.131. The molecule has 1 saturated heterocycles. The van der Waals surface area contributed by atoms with Gasteiger partial charge in [0.25, 0.3) is 0 Å². The molecule has 6 heteroatoms. The van der Waals surface area contributed by atoms with E-state index in [9.17, 15) is 0 Å². The number of nitrogens with zero attached hydrogens (tertiary/aromatic N) is 2. The van der Waals surface area contributed by atoms with Crippen molar-refractivity contribution in [3.8, 4) is 0 Å². The summed E-state index contributed by atoms with van der Waals surface area (Å²) in [6.07, 6.45) is 5.21. The Bertz CT molecular complexity index is 340. The van der Waals surface area contributed by atoms with E-state index in [0.717, 1.165) is 30.5 Å². The molecule has 0 radical (unpaired) electrons. The molecule has 2 heterocycles. The van der Waals surface area contributed by atoms with Crippen molar-refractivity contribution in [3.63, 3.8) is 0 Å². The maximum atomic E-state index is 6.04. The van der Waals surface area contributed by atoms with Gasteiger partial charge in [0.15, 0.2) is 0 Å². The first kappa shape index (κ1) is 12.1. The monoisotopic (exact) mass is 305 g/mol. The zero-order valence-electron chi connectivity index (χ0n) is 8.75. The van der Waals surface area contributed by atoms with Crippen LogP contribution in [0.25, 0.3) is 0 Å². The molecule has 0 bridgehead atoms. The van der Waals surface area contributed by atoms with Gasteiger partial charge in [-0.05, 0) is 28.8 Å². The molecule has 0 amide bonds. The fraction of sp³-hybridized carbons (Fsp3) is 0.600. The first-order valence-electron chi connectivity index (χ1n) is 5.14. The van der Waals surface area contributed by atoms with Crippen LogP contribution in [0, 0.1) is 0 Å². The first-order valence-corrected chi connectivity index (χ1v) is 6.46. The van der Waals surface area contributed by atoms with Crippen molar-refractivity contribution < 1.29 is 4.74 Å². The smallest absolute Gasteiger partial charge is 0.223 e. The van der Waals surface area contributed by atoms with E-state index < -0.39 is 0 Å². The Morgan fingerprint density at radius 2 is 2.00 bits per heavy atom. The van der Waals surface area contributed by atoms with Crippen LogP contribution in [0.1, 0.15) is 12.8 Å². The third kappa shape index (κ3) is 2.84. The second kappa shape index (κ2) is 5.29. The minimum atomic E-state index is -0.131. The maximum Gasteiger partial charge on any atom is 0.223 e. The van der Waals surface area contributed by atoms with E-state index in [1.54, 1.807) is 12.4 Å². The molecule has 1 N–H and O–H groups in total. The van der Waals surface area contributed by atoms with Crippen LogP contribution in [0.3, 0.4) is 0 Å². The molecule has 1 fully saturated rings. The van der Waals surface area contributed by atoms with Crippen molar-refractivity contribution in [3.05, 3.63) is 16.9 Å². The van der Waals surface area contributed by atoms with Gasteiger partial charge in [-0.2, -0.15) is 0 Å². The Morgan fingerprint density at radius 1 is 1.38 bits per heavy atom. The van der Waals surface area contributed by atoms with E-state index in [4.69, 9.17) is 16.3 Å². The first-order chi connectivity index (χ1) is 7.74. The Labute approximate surface area is 108 Å². The highest BCUT2D eigenvalue weighted by Crippen LogP contribution is 2.25. The number of anilines is 1. The van der Waals surface area contributed by atoms with Gasteiger partial charge in [-0.3, -0.25) is 0 Å². The third-order valence-electron chi connectivity index (χ3n) is 2.70. The number of rotatable bonds is 3. The lowest BCUT2D eigenvalue weighted by atomic mass is 9.92. The Morgan fingerprint density at radius 3 is 2.56 bits per heavy atom. The van der Waals surface area contributed by atoms with Gasteiger partial charge >= 0.3 is 0 Å². The van der Waals surface area contributed by atoms with Gasteiger partial charge in [0.05, 0.1) is 10.0 Å². The third-order valence-corrected chi connectivity index (χ3v) is 3.62. The molecule has 4 nitrogen and oxygen atoms in total. The Hall–Kier alpha value is -0.390. The number of aromatic nitrogens is 2. The molecule has 16 heavy (non-hydrogen) atoms. The summed E-state index contributed by atoms with van der Waals surface area (Å²) in [5.74, 6) is 1.15. The predicted molar refractivity (Wildman–Crippen MR) is 66.9 cm³/mol. The van der Waals surface area contributed by atoms with Gasteiger partial charge in [-0.15, -0.1) is 11.6 Å². The van der Waals surface area contributed by atoms with Crippen LogP contribution >= 0.6 is 27.5 Å². The van der Waals surface area contributed by atoms with Crippen LogP contribution in [-0.4, -0.2) is 34.6 Å². The molecule has 0 aliphatic carbocycles. The quantitative estimate of drug-likeness (QED) is 0.871. The fourth-order valence-corrected chi connectivity index (χ4v) is 2.21. The van der Waals surface area contributed by atoms with Crippen molar-refractivity contribution >= 4 is 33.5 Å². The number of hydrogen-bond donors (Lipinski definition) is 1. The largest absolute Gasteiger partial charge is 0.381 e. The maximum absolute atomic E-state index is 6.04. The lowest BCUT2D eigenvalue weighted by Gasteiger charge is -2.36. The van der Waals surface area contributed by atoms with Crippen LogP contribution < -0.4 is 5.32 Å². The lowest BCUT2D eigenvalue weighted by molar-refractivity contribution is 0.0665. The minimum absolute atomic E-state index is 0.131. The van der Waals surface area contributed by atoms with Gasteiger partial charge < -0.3 is 10.1 Å². The van der Waals surface area contributed by atoms with Gasteiger partial charge in [0.1, 0.15) is 0 Å². The zero-order valence-corrected chi connectivity index (χ0v) is 11.1. The van der Waals surface area contributed by atoms with Crippen LogP contribution in [0.5, 0.6) is 0 Å². The van der Waals surface area contributed by atoms with Crippen LogP contribution in [0.2, 0.25) is 0 Å². The lowest BCUT2D eigenvalue weighted by Crippen LogP contribution is -2.45. The van der Waals surface area contributed by atoms with Crippen molar-refractivity contribution in [1.82, 2.24) is 9.97 Å². The molecule has 1 aromatic rings. The fourth-order valence-electron chi connectivity index (χ4n) is 1.67. The van der Waals surface area contributed by atoms with E-state index in [0.29, 0.717) is 11.8 Å². The summed E-state index contributed by atoms with van der Waals surface area (Å²) in [6, 6.07) is 0. The number of ether oxygens (including phenoxy) is 1. The second-order valence-corrected chi connectivity index (χ2v) is 5.06. The molecule has 1 aliphatic heterocycles. The number of nitrogens with one attached hydrogen (secondary N) is 1. The highest BCUT2D eigenvalue weighted by Gasteiger charge is 2.32. The number of halogens is 2. The molecular weight excluding hydrogens is 293 g/mol. The van der Waals surface area contributed by atoms with Gasteiger partial charge in [0.2, 0.25) is 5.95 Å². The van der Waals surface area contributed by atoms with Crippen LogP contribution in [-0.2, 0) is 4.74 Å².